The van der Waals surface area contributed by atoms with Crippen LogP contribution in [0.4, 0.5) is 0 Å². The molecule has 2 N–H and O–H groups in total. The average Bonchev–Trinajstić information content (AvgIpc) is 2.89. The third-order valence-corrected chi connectivity index (χ3v) is 6.14. The third-order valence-electron chi connectivity index (χ3n) is 6.14. The van der Waals surface area contributed by atoms with Gasteiger partial charge in [-0.05, 0) is 51.9 Å². The normalized spacial score (nSPS) is 12.9. The summed E-state index contributed by atoms with van der Waals surface area (Å²) >= 11 is 0. The number of nitrogens with zero attached hydrogens (tertiary/aromatic N) is 1. The summed E-state index contributed by atoms with van der Waals surface area (Å²) in [6.07, 6.45) is 7.97. The molecule has 1 aliphatic carbocycles. The average molecular weight is 586 g/mol. The van der Waals surface area contributed by atoms with E-state index in [1.807, 2.05) is 19.2 Å². The summed E-state index contributed by atoms with van der Waals surface area (Å²) in [7, 11) is 1.86. The molecule has 0 saturated carbocycles. The minimum absolute atomic E-state index is 0. The molecule has 0 heterocycles. The molecule has 0 unspecified atom stereocenters. The standard InChI is InChI=1S/C28H41N3O5.Rb.H2/c1-21(32)9-4-3-7-17-30-26(33)12-8-18-36-20-27(34)31-19-22-13-15-23(16-14-22)28(35)24-10-5-6-11-25(24)29-2;;/h13-16H,3-12,17-20H2,1-2H3,(H3,29,30,31,33,34,35);;1H/q;+1;/p-1. The Kier molecular flexibility index (Phi) is 18.1. The Morgan fingerprint density at radius 1 is 0.973 bits per heavy atom. The first-order valence-electron chi connectivity index (χ1n) is 13.0. The summed E-state index contributed by atoms with van der Waals surface area (Å²) in [5, 5.41) is 10.0. The Hall–Kier alpha value is -1.19. The largest absolute Gasteiger partial charge is 1.00 e. The third kappa shape index (κ3) is 14.0. The molecule has 37 heavy (non-hydrogen) atoms. The minimum Gasteiger partial charge on any atom is -0.648 e. The van der Waals surface area contributed by atoms with Crippen LogP contribution in [0.25, 0.3) is 5.32 Å². The molecule has 2 amide bonds. The molecule has 0 fully saturated rings. The fourth-order valence-corrected chi connectivity index (χ4v) is 4.08. The van der Waals surface area contributed by atoms with E-state index in [4.69, 9.17) is 4.74 Å². The second kappa shape index (κ2) is 19.8. The number of unbranched alkanes of at least 4 members (excludes halogenated alkanes) is 2. The van der Waals surface area contributed by atoms with Crippen molar-refractivity contribution in [1.82, 2.24) is 10.6 Å². The summed E-state index contributed by atoms with van der Waals surface area (Å²) in [5.74, 6) is -0.130. The summed E-state index contributed by atoms with van der Waals surface area (Å²) < 4.78 is 5.34. The number of carbonyl (C=O) groups excluding carboxylic acids is 4. The van der Waals surface area contributed by atoms with Crippen LogP contribution in [0, 0.1) is 0 Å². The number of amides is 2. The second-order valence-corrected chi connectivity index (χ2v) is 9.17. The van der Waals surface area contributed by atoms with Crippen molar-refractivity contribution in [3.8, 4) is 0 Å². The number of ketones is 2. The molecule has 1 aliphatic rings. The number of Topliss-reactive ketones (excluding diaryl/α,β-unsaturated/α-hetero) is 2. The van der Waals surface area contributed by atoms with Gasteiger partial charge in [-0.25, -0.2) is 0 Å². The fraction of sp³-hybridized carbons (Fsp3) is 0.571. The predicted octanol–water partition coefficient (Wildman–Crippen LogP) is 1.63. The second-order valence-electron chi connectivity index (χ2n) is 9.17. The first kappa shape index (κ1) is 33.8. The summed E-state index contributed by atoms with van der Waals surface area (Å²) in [4.78, 5) is 47.5. The Balaban J connectivity index is 0.00000684. The van der Waals surface area contributed by atoms with E-state index in [9.17, 15) is 19.2 Å². The SMILES string of the molecule is CNC1=C(C(=O)c2ccc(C[N-]C(=O)COCCCC(=O)NCCCCCC(C)=O)cc2)CCCC1.[HH].[Rb+]. The molecule has 0 aromatic heterocycles. The van der Waals surface area contributed by atoms with Crippen molar-refractivity contribution in [3.05, 3.63) is 52.0 Å². The predicted molar refractivity (Wildman–Crippen MR) is 142 cm³/mol. The molecule has 0 spiro atoms. The molecular weight excluding hydrogens is 544 g/mol. The zero-order valence-corrected chi connectivity index (χ0v) is 27.6. The monoisotopic (exact) mass is 585 g/mol. The van der Waals surface area contributed by atoms with Gasteiger partial charge < -0.3 is 30.3 Å². The molecule has 8 nitrogen and oxygen atoms in total. The number of allylic oxidation sites excluding steroid dienone is 2. The van der Waals surface area contributed by atoms with Crippen molar-refractivity contribution in [3.63, 3.8) is 0 Å². The van der Waals surface area contributed by atoms with E-state index in [1.54, 1.807) is 19.1 Å². The fourth-order valence-electron chi connectivity index (χ4n) is 4.08. The van der Waals surface area contributed by atoms with Crippen LogP contribution < -0.4 is 68.8 Å². The maximum Gasteiger partial charge on any atom is 1.00 e. The number of hydrogen-bond acceptors (Lipinski definition) is 6. The molecule has 0 aliphatic heterocycles. The Labute approximate surface area is 271 Å². The van der Waals surface area contributed by atoms with Crippen LogP contribution in [0.5, 0.6) is 0 Å². The van der Waals surface area contributed by atoms with Crippen molar-refractivity contribution in [2.24, 2.45) is 0 Å². The van der Waals surface area contributed by atoms with E-state index in [1.165, 1.54) is 0 Å². The van der Waals surface area contributed by atoms with E-state index in [0.29, 0.717) is 38.0 Å². The van der Waals surface area contributed by atoms with Crippen LogP contribution in [0.15, 0.2) is 35.5 Å². The van der Waals surface area contributed by atoms with E-state index in [0.717, 1.165) is 61.8 Å². The van der Waals surface area contributed by atoms with Gasteiger partial charge in [0, 0.05) is 51.3 Å². The molecular formula is C28H42N3O5Rb. The van der Waals surface area contributed by atoms with Gasteiger partial charge in [-0.2, -0.15) is 0 Å². The number of hydrogen-bond donors (Lipinski definition) is 2. The number of carbonyl (C=O) groups is 4. The molecule has 200 valence electrons. The van der Waals surface area contributed by atoms with Gasteiger partial charge in [-0.15, -0.1) is 6.54 Å². The number of nitrogens with one attached hydrogen (secondary N) is 2. The van der Waals surface area contributed by atoms with E-state index in [-0.39, 0.29) is 96.1 Å². The molecule has 2 rings (SSSR count). The first-order valence-corrected chi connectivity index (χ1v) is 13.0. The van der Waals surface area contributed by atoms with Crippen LogP contribution in [-0.4, -0.2) is 50.2 Å². The summed E-state index contributed by atoms with van der Waals surface area (Å²) in [6.45, 7) is 2.63. The van der Waals surface area contributed by atoms with Gasteiger partial charge in [-0.1, -0.05) is 36.2 Å². The van der Waals surface area contributed by atoms with Crippen LogP contribution in [-0.2, 0) is 25.7 Å². The maximum absolute atomic E-state index is 12.8. The van der Waals surface area contributed by atoms with Gasteiger partial charge in [0.1, 0.15) is 5.78 Å². The zero-order valence-electron chi connectivity index (χ0n) is 22.7. The minimum atomic E-state index is -0.351. The van der Waals surface area contributed by atoms with E-state index in [2.05, 4.69) is 16.0 Å². The molecule has 1 aromatic carbocycles. The number of benzene rings is 1. The molecule has 0 bridgehead atoms. The Bertz CT molecular complexity index is 922. The summed E-state index contributed by atoms with van der Waals surface area (Å²) in [6, 6.07) is 7.24. The van der Waals surface area contributed by atoms with Gasteiger partial charge in [0.05, 0.1) is 12.5 Å². The van der Waals surface area contributed by atoms with Gasteiger partial charge >= 0.3 is 58.2 Å². The maximum atomic E-state index is 12.8. The van der Waals surface area contributed by atoms with Gasteiger partial charge in [-0.3, -0.25) is 9.59 Å². The Morgan fingerprint density at radius 2 is 1.70 bits per heavy atom. The molecule has 0 atom stereocenters. The van der Waals surface area contributed by atoms with Crippen molar-refractivity contribution in [2.75, 3.05) is 26.8 Å². The topological polar surface area (TPSA) is 116 Å². The van der Waals surface area contributed by atoms with Gasteiger partial charge in [0.2, 0.25) is 5.91 Å². The van der Waals surface area contributed by atoms with Gasteiger partial charge in [0.15, 0.2) is 5.78 Å². The van der Waals surface area contributed by atoms with Crippen LogP contribution in [0.1, 0.15) is 88.5 Å². The van der Waals surface area contributed by atoms with Crippen molar-refractivity contribution in [2.45, 2.75) is 77.7 Å². The molecule has 0 saturated heterocycles. The van der Waals surface area contributed by atoms with Crippen LogP contribution in [0.3, 0.4) is 0 Å². The van der Waals surface area contributed by atoms with Crippen molar-refractivity contribution >= 4 is 23.4 Å². The number of rotatable bonds is 17. The molecule has 9 heteroatoms. The van der Waals surface area contributed by atoms with Gasteiger partial charge in [0.25, 0.3) is 0 Å². The number of ether oxygens (including phenoxy) is 1. The summed E-state index contributed by atoms with van der Waals surface area (Å²) in [5.41, 5.74) is 3.40. The first-order chi connectivity index (χ1) is 17.4. The smallest absolute Gasteiger partial charge is 0.648 e. The van der Waals surface area contributed by atoms with Crippen molar-refractivity contribution < 1.29 is 83.5 Å². The Morgan fingerprint density at radius 3 is 2.41 bits per heavy atom. The van der Waals surface area contributed by atoms with Crippen molar-refractivity contribution in [1.29, 1.82) is 0 Å². The zero-order chi connectivity index (χ0) is 26.2. The van der Waals surface area contributed by atoms with Crippen LogP contribution in [0.2, 0.25) is 0 Å². The van der Waals surface area contributed by atoms with E-state index >= 15 is 0 Å². The van der Waals surface area contributed by atoms with Crippen LogP contribution >= 0.6 is 0 Å². The van der Waals surface area contributed by atoms with E-state index < -0.39 is 0 Å². The molecule has 0 radical (unpaired) electrons. The quantitative estimate of drug-likeness (QED) is 0.212. The molecule has 1 aromatic rings.